The van der Waals surface area contributed by atoms with Gasteiger partial charge in [0.25, 0.3) is 0 Å². The lowest BCUT2D eigenvalue weighted by Gasteiger charge is -2.11. The number of nitrogens with zero attached hydrogens (tertiary/aromatic N) is 1. The Morgan fingerprint density at radius 2 is 2.24 bits per heavy atom. The Bertz CT molecular complexity index is 391. The molecule has 0 aromatic carbocycles. The second-order valence-electron chi connectivity index (χ2n) is 4.34. The number of hydrogen-bond acceptors (Lipinski definition) is 2. The Balaban J connectivity index is 1.76. The second-order valence-corrected chi connectivity index (χ2v) is 5.26. The summed E-state index contributed by atoms with van der Waals surface area (Å²) >= 11 is 3.33. The fraction of sp³-hybridized carbons (Fsp3) is 0.500. The Hall–Kier alpha value is -1.10. The summed E-state index contributed by atoms with van der Waals surface area (Å²) in [5.41, 5.74) is 0. The van der Waals surface area contributed by atoms with Gasteiger partial charge < -0.3 is 5.32 Å². The van der Waals surface area contributed by atoms with Gasteiger partial charge in [-0.05, 0) is 30.9 Å². The van der Waals surface area contributed by atoms with Crippen LogP contribution in [0.5, 0.6) is 0 Å². The number of hydrogen-bond donors (Lipinski definition) is 2. The molecule has 92 valence electrons. The summed E-state index contributed by atoms with van der Waals surface area (Å²) in [6, 6.07) is 3.42. The van der Waals surface area contributed by atoms with E-state index in [4.69, 9.17) is 0 Å². The largest absolute Gasteiger partial charge is 0.338 e. The molecule has 2 amide bonds. The fourth-order valence-corrected chi connectivity index (χ4v) is 2.42. The fourth-order valence-electron chi connectivity index (χ4n) is 2.09. The molecule has 0 unspecified atom stereocenters. The van der Waals surface area contributed by atoms with Gasteiger partial charge in [-0.25, -0.2) is 9.78 Å². The molecule has 1 saturated carbocycles. The van der Waals surface area contributed by atoms with E-state index in [1.807, 2.05) is 6.07 Å². The molecule has 0 saturated heterocycles. The summed E-state index contributed by atoms with van der Waals surface area (Å²) in [6.45, 7) is 0.764. The lowest BCUT2D eigenvalue weighted by molar-refractivity contribution is 0.250. The SMILES string of the molecule is O=C(NCC1CCCC1)Nc1cc(Br)ccn1. The van der Waals surface area contributed by atoms with E-state index in [2.05, 4.69) is 31.5 Å². The number of carbonyl (C=O) groups is 1. The van der Waals surface area contributed by atoms with E-state index in [-0.39, 0.29) is 6.03 Å². The van der Waals surface area contributed by atoms with Gasteiger partial charge in [-0.15, -0.1) is 0 Å². The van der Waals surface area contributed by atoms with Crippen molar-refractivity contribution in [1.82, 2.24) is 10.3 Å². The number of halogens is 1. The second kappa shape index (κ2) is 6.00. The quantitative estimate of drug-likeness (QED) is 0.900. The van der Waals surface area contributed by atoms with Gasteiger partial charge >= 0.3 is 6.03 Å². The van der Waals surface area contributed by atoms with Gasteiger partial charge in [0, 0.05) is 17.2 Å². The summed E-state index contributed by atoms with van der Waals surface area (Å²) in [5.74, 6) is 1.21. The molecular formula is C12H16BrN3O. The maximum Gasteiger partial charge on any atom is 0.320 e. The van der Waals surface area contributed by atoms with Crippen LogP contribution in [0.4, 0.5) is 10.6 Å². The molecule has 5 heteroatoms. The topological polar surface area (TPSA) is 54.0 Å². The van der Waals surface area contributed by atoms with Crippen LogP contribution in [0.25, 0.3) is 0 Å². The van der Waals surface area contributed by atoms with Crippen LogP contribution in [-0.4, -0.2) is 17.6 Å². The first kappa shape index (κ1) is 12.4. The first-order valence-corrected chi connectivity index (χ1v) is 6.70. The van der Waals surface area contributed by atoms with Gasteiger partial charge in [-0.1, -0.05) is 28.8 Å². The molecule has 1 aromatic rings. The van der Waals surface area contributed by atoms with E-state index in [0.29, 0.717) is 11.7 Å². The van der Waals surface area contributed by atoms with Crippen molar-refractivity contribution in [2.45, 2.75) is 25.7 Å². The number of aromatic nitrogens is 1. The van der Waals surface area contributed by atoms with Crippen LogP contribution >= 0.6 is 15.9 Å². The number of carbonyl (C=O) groups excluding carboxylic acids is 1. The smallest absolute Gasteiger partial charge is 0.320 e. The predicted octanol–water partition coefficient (Wildman–Crippen LogP) is 3.16. The Kier molecular flexibility index (Phi) is 4.36. The van der Waals surface area contributed by atoms with E-state index in [9.17, 15) is 4.79 Å². The van der Waals surface area contributed by atoms with Crippen LogP contribution < -0.4 is 10.6 Å². The number of rotatable bonds is 3. The van der Waals surface area contributed by atoms with Crippen molar-refractivity contribution < 1.29 is 4.79 Å². The molecule has 1 aromatic heterocycles. The highest BCUT2D eigenvalue weighted by Crippen LogP contribution is 2.23. The van der Waals surface area contributed by atoms with Crippen LogP contribution in [0.15, 0.2) is 22.8 Å². The first-order chi connectivity index (χ1) is 8.24. The van der Waals surface area contributed by atoms with Crippen molar-refractivity contribution in [2.75, 3.05) is 11.9 Å². The van der Waals surface area contributed by atoms with E-state index >= 15 is 0 Å². The lowest BCUT2D eigenvalue weighted by Crippen LogP contribution is -2.32. The van der Waals surface area contributed by atoms with Crippen molar-refractivity contribution in [2.24, 2.45) is 5.92 Å². The zero-order chi connectivity index (χ0) is 12.1. The van der Waals surface area contributed by atoms with Crippen LogP contribution in [0.2, 0.25) is 0 Å². The Morgan fingerprint density at radius 3 is 2.94 bits per heavy atom. The third-order valence-corrected chi connectivity index (χ3v) is 3.48. The van der Waals surface area contributed by atoms with Crippen LogP contribution in [0.3, 0.4) is 0 Å². The molecule has 0 atom stereocenters. The Morgan fingerprint density at radius 1 is 1.47 bits per heavy atom. The van der Waals surface area contributed by atoms with Gasteiger partial charge in [-0.3, -0.25) is 5.32 Å². The van der Waals surface area contributed by atoms with Gasteiger partial charge in [0.05, 0.1) is 0 Å². The minimum atomic E-state index is -0.178. The van der Waals surface area contributed by atoms with Gasteiger partial charge in [0.2, 0.25) is 0 Å². The molecule has 1 aliphatic carbocycles. The predicted molar refractivity (Wildman–Crippen MR) is 70.9 cm³/mol. The molecule has 0 spiro atoms. The molecule has 0 radical (unpaired) electrons. The molecule has 2 rings (SSSR count). The van der Waals surface area contributed by atoms with Crippen molar-refractivity contribution in [3.8, 4) is 0 Å². The number of pyridine rings is 1. The van der Waals surface area contributed by atoms with Gasteiger partial charge in [0.1, 0.15) is 5.82 Å². The highest BCUT2D eigenvalue weighted by molar-refractivity contribution is 9.10. The molecule has 1 heterocycles. The summed E-state index contributed by atoms with van der Waals surface area (Å²) in [6.07, 6.45) is 6.70. The van der Waals surface area contributed by atoms with Gasteiger partial charge in [0.15, 0.2) is 0 Å². The highest BCUT2D eigenvalue weighted by atomic mass is 79.9. The Labute approximate surface area is 109 Å². The average Bonchev–Trinajstić information content (AvgIpc) is 2.79. The standard InChI is InChI=1S/C12H16BrN3O/c13-10-5-6-14-11(7-10)16-12(17)15-8-9-3-1-2-4-9/h5-7,9H,1-4,8H2,(H2,14,15,16,17). The van der Waals surface area contributed by atoms with Gasteiger partial charge in [-0.2, -0.15) is 0 Å². The van der Waals surface area contributed by atoms with E-state index in [1.165, 1.54) is 25.7 Å². The minimum Gasteiger partial charge on any atom is -0.338 e. The summed E-state index contributed by atoms with van der Waals surface area (Å²) in [5, 5.41) is 5.60. The van der Waals surface area contributed by atoms with Crippen molar-refractivity contribution in [3.05, 3.63) is 22.8 Å². The van der Waals surface area contributed by atoms with Crippen molar-refractivity contribution in [1.29, 1.82) is 0 Å². The summed E-state index contributed by atoms with van der Waals surface area (Å²) in [7, 11) is 0. The third-order valence-electron chi connectivity index (χ3n) is 2.99. The number of urea groups is 1. The number of nitrogens with one attached hydrogen (secondary N) is 2. The molecular weight excluding hydrogens is 282 g/mol. The number of anilines is 1. The normalized spacial score (nSPS) is 15.8. The van der Waals surface area contributed by atoms with Crippen LogP contribution in [0, 0.1) is 5.92 Å². The summed E-state index contributed by atoms with van der Waals surface area (Å²) < 4.78 is 0.901. The van der Waals surface area contributed by atoms with Crippen LogP contribution in [0.1, 0.15) is 25.7 Å². The molecule has 17 heavy (non-hydrogen) atoms. The molecule has 1 fully saturated rings. The molecule has 0 bridgehead atoms. The minimum absolute atomic E-state index is 0.178. The molecule has 4 nitrogen and oxygen atoms in total. The lowest BCUT2D eigenvalue weighted by atomic mass is 10.1. The molecule has 2 N–H and O–H groups in total. The maximum absolute atomic E-state index is 11.6. The molecule has 0 aliphatic heterocycles. The van der Waals surface area contributed by atoms with Crippen LogP contribution in [-0.2, 0) is 0 Å². The zero-order valence-corrected chi connectivity index (χ0v) is 11.2. The van der Waals surface area contributed by atoms with Crippen molar-refractivity contribution >= 4 is 27.8 Å². The van der Waals surface area contributed by atoms with E-state index < -0.39 is 0 Å². The summed E-state index contributed by atoms with van der Waals surface area (Å²) in [4.78, 5) is 15.7. The third kappa shape index (κ3) is 4.00. The average molecular weight is 298 g/mol. The zero-order valence-electron chi connectivity index (χ0n) is 9.58. The maximum atomic E-state index is 11.6. The highest BCUT2D eigenvalue weighted by Gasteiger charge is 2.15. The monoisotopic (exact) mass is 297 g/mol. The van der Waals surface area contributed by atoms with Crippen molar-refractivity contribution in [3.63, 3.8) is 0 Å². The first-order valence-electron chi connectivity index (χ1n) is 5.90. The van der Waals surface area contributed by atoms with E-state index in [0.717, 1.165) is 11.0 Å². The number of amides is 2. The molecule has 1 aliphatic rings. The van der Waals surface area contributed by atoms with E-state index in [1.54, 1.807) is 12.3 Å².